The Hall–Kier alpha value is -1.06. The predicted molar refractivity (Wildman–Crippen MR) is 64.9 cm³/mol. The van der Waals surface area contributed by atoms with Crippen molar-refractivity contribution in [2.45, 2.75) is 18.4 Å². The van der Waals surface area contributed by atoms with Crippen molar-refractivity contribution < 1.29 is 9.53 Å². The summed E-state index contributed by atoms with van der Waals surface area (Å²) in [5.41, 5.74) is 1.29. The average molecular weight is 242 g/mol. The van der Waals surface area contributed by atoms with Crippen LogP contribution in [0.15, 0.2) is 30.3 Å². The molecule has 4 heteroatoms. The van der Waals surface area contributed by atoms with E-state index in [1.165, 1.54) is 12.7 Å². The Morgan fingerprint density at radius 3 is 2.69 bits per heavy atom. The molecule has 2 atom stereocenters. The maximum atomic E-state index is 11.3. The van der Waals surface area contributed by atoms with E-state index in [-0.39, 0.29) is 24.4 Å². The molecule has 3 nitrogen and oxygen atoms in total. The molecule has 0 saturated carbocycles. The fourth-order valence-electron chi connectivity index (χ4n) is 2.04. The molecule has 0 spiro atoms. The van der Waals surface area contributed by atoms with E-state index in [0.29, 0.717) is 5.92 Å². The Kier molecular flexibility index (Phi) is 4.77. The summed E-state index contributed by atoms with van der Waals surface area (Å²) in [6, 6.07) is 10.1. The molecule has 0 aliphatic carbocycles. The second-order valence-corrected chi connectivity index (χ2v) is 3.83. The van der Waals surface area contributed by atoms with Crippen molar-refractivity contribution in [3.8, 4) is 0 Å². The Bertz CT molecular complexity index is 342. The van der Waals surface area contributed by atoms with E-state index in [1.807, 2.05) is 18.2 Å². The van der Waals surface area contributed by atoms with Gasteiger partial charge in [0.2, 0.25) is 0 Å². The van der Waals surface area contributed by atoms with E-state index in [0.717, 1.165) is 13.0 Å². The molecule has 1 aliphatic heterocycles. The van der Waals surface area contributed by atoms with Gasteiger partial charge in [0.05, 0.1) is 7.11 Å². The summed E-state index contributed by atoms with van der Waals surface area (Å²) in [7, 11) is 1.43. The van der Waals surface area contributed by atoms with E-state index in [4.69, 9.17) is 4.74 Å². The van der Waals surface area contributed by atoms with Crippen molar-refractivity contribution in [1.82, 2.24) is 5.32 Å². The predicted octanol–water partition coefficient (Wildman–Crippen LogP) is 1.73. The number of methoxy groups -OCH3 is 1. The van der Waals surface area contributed by atoms with Crippen LogP contribution in [0.5, 0.6) is 0 Å². The quantitative estimate of drug-likeness (QED) is 0.802. The minimum atomic E-state index is -0.159. The highest BCUT2D eigenvalue weighted by Crippen LogP contribution is 2.25. The number of nitrogens with one attached hydrogen (secondary N) is 1. The Morgan fingerprint density at radius 2 is 2.06 bits per heavy atom. The first-order valence-corrected chi connectivity index (χ1v) is 5.17. The maximum Gasteiger partial charge on any atom is 0.322 e. The minimum absolute atomic E-state index is 0. The second-order valence-electron chi connectivity index (χ2n) is 3.83. The number of rotatable bonds is 2. The van der Waals surface area contributed by atoms with Gasteiger partial charge < -0.3 is 10.1 Å². The lowest BCUT2D eigenvalue weighted by Crippen LogP contribution is -2.31. The van der Waals surface area contributed by atoms with Crippen molar-refractivity contribution in [3.05, 3.63) is 35.9 Å². The van der Waals surface area contributed by atoms with Crippen molar-refractivity contribution in [2.75, 3.05) is 13.7 Å². The third-order valence-corrected chi connectivity index (χ3v) is 2.89. The van der Waals surface area contributed by atoms with Gasteiger partial charge in [-0.25, -0.2) is 0 Å². The van der Waals surface area contributed by atoms with Crippen LogP contribution in [0.2, 0.25) is 0 Å². The lowest BCUT2D eigenvalue weighted by Gasteiger charge is -2.08. The SMILES string of the molecule is COC(=O)[C@@H]1C[C@H](c2ccccc2)CN1.Cl. The number of hydrogen-bond donors (Lipinski definition) is 1. The number of carbonyl (C=O) groups is 1. The number of ether oxygens (including phenoxy) is 1. The van der Waals surface area contributed by atoms with Crippen LogP contribution in [0.4, 0.5) is 0 Å². The minimum Gasteiger partial charge on any atom is -0.468 e. The zero-order chi connectivity index (χ0) is 10.7. The Labute approximate surface area is 102 Å². The number of hydrogen-bond acceptors (Lipinski definition) is 3. The van der Waals surface area contributed by atoms with Gasteiger partial charge >= 0.3 is 5.97 Å². The average Bonchev–Trinajstić information content (AvgIpc) is 2.78. The van der Waals surface area contributed by atoms with Crippen LogP contribution in [0.25, 0.3) is 0 Å². The highest BCUT2D eigenvalue weighted by Gasteiger charge is 2.30. The molecule has 0 aromatic heterocycles. The van der Waals surface area contributed by atoms with E-state index in [9.17, 15) is 4.79 Å². The van der Waals surface area contributed by atoms with Crippen LogP contribution in [-0.2, 0) is 9.53 Å². The van der Waals surface area contributed by atoms with Crippen molar-refractivity contribution in [2.24, 2.45) is 0 Å². The van der Waals surface area contributed by atoms with Gasteiger partial charge in [-0.05, 0) is 17.9 Å². The highest BCUT2D eigenvalue weighted by atomic mass is 35.5. The second kappa shape index (κ2) is 5.87. The molecular formula is C12H16ClNO2. The lowest BCUT2D eigenvalue weighted by molar-refractivity contribution is -0.142. The number of halogens is 1. The molecule has 1 aromatic carbocycles. The standard InChI is InChI=1S/C12H15NO2.ClH/c1-15-12(14)11-7-10(8-13-11)9-5-3-2-4-6-9;/h2-6,10-11,13H,7-8H2,1H3;1H/t10-,11-;/m0./s1. The van der Waals surface area contributed by atoms with E-state index in [1.54, 1.807) is 0 Å². The largest absolute Gasteiger partial charge is 0.468 e. The summed E-state index contributed by atoms with van der Waals surface area (Å²) in [4.78, 5) is 11.3. The molecule has 2 rings (SSSR count). The van der Waals surface area contributed by atoms with Gasteiger partial charge in [0.25, 0.3) is 0 Å². The fraction of sp³-hybridized carbons (Fsp3) is 0.417. The van der Waals surface area contributed by atoms with Gasteiger partial charge in [0.15, 0.2) is 0 Å². The van der Waals surface area contributed by atoms with Crippen LogP contribution in [-0.4, -0.2) is 25.7 Å². The molecule has 88 valence electrons. The zero-order valence-electron chi connectivity index (χ0n) is 9.18. The molecule has 1 saturated heterocycles. The maximum absolute atomic E-state index is 11.3. The molecule has 1 heterocycles. The molecular weight excluding hydrogens is 226 g/mol. The molecule has 0 radical (unpaired) electrons. The molecule has 0 unspecified atom stereocenters. The van der Waals surface area contributed by atoms with Crippen molar-refractivity contribution >= 4 is 18.4 Å². The van der Waals surface area contributed by atoms with Gasteiger partial charge in [-0.1, -0.05) is 30.3 Å². The molecule has 16 heavy (non-hydrogen) atoms. The molecule has 0 amide bonds. The van der Waals surface area contributed by atoms with Gasteiger partial charge in [0.1, 0.15) is 6.04 Å². The Morgan fingerprint density at radius 1 is 1.38 bits per heavy atom. The summed E-state index contributed by atoms with van der Waals surface area (Å²) in [5, 5.41) is 3.18. The number of esters is 1. The summed E-state index contributed by atoms with van der Waals surface area (Å²) in [5.74, 6) is 0.267. The van der Waals surface area contributed by atoms with Gasteiger partial charge in [-0.3, -0.25) is 4.79 Å². The van der Waals surface area contributed by atoms with E-state index in [2.05, 4.69) is 17.4 Å². The summed E-state index contributed by atoms with van der Waals surface area (Å²) < 4.78 is 4.72. The first kappa shape index (κ1) is 13.0. The summed E-state index contributed by atoms with van der Waals surface area (Å²) >= 11 is 0. The molecule has 1 N–H and O–H groups in total. The Balaban J connectivity index is 0.00000128. The van der Waals surface area contributed by atoms with Gasteiger partial charge in [0, 0.05) is 6.54 Å². The molecule has 1 fully saturated rings. The highest BCUT2D eigenvalue weighted by molar-refractivity contribution is 5.85. The first-order valence-electron chi connectivity index (χ1n) is 5.17. The lowest BCUT2D eigenvalue weighted by atomic mass is 9.96. The fourth-order valence-corrected chi connectivity index (χ4v) is 2.04. The molecule has 1 aromatic rings. The van der Waals surface area contributed by atoms with Crippen LogP contribution < -0.4 is 5.32 Å². The van der Waals surface area contributed by atoms with Crippen LogP contribution in [0.3, 0.4) is 0 Å². The van der Waals surface area contributed by atoms with Gasteiger partial charge in [-0.15, -0.1) is 12.4 Å². The third-order valence-electron chi connectivity index (χ3n) is 2.89. The normalized spacial score (nSPS) is 23.6. The first-order chi connectivity index (χ1) is 7.31. The van der Waals surface area contributed by atoms with Crippen molar-refractivity contribution in [1.29, 1.82) is 0 Å². The zero-order valence-corrected chi connectivity index (χ0v) is 10.00. The topological polar surface area (TPSA) is 38.3 Å². The van der Waals surface area contributed by atoms with E-state index < -0.39 is 0 Å². The number of carbonyl (C=O) groups excluding carboxylic acids is 1. The van der Waals surface area contributed by atoms with Gasteiger partial charge in [-0.2, -0.15) is 0 Å². The monoisotopic (exact) mass is 241 g/mol. The third kappa shape index (κ3) is 2.74. The summed E-state index contributed by atoms with van der Waals surface area (Å²) in [6.07, 6.45) is 0.830. The van der Waals surface area contributed by atoms with Crippen LogP contribution in [0, 0.1) is 0 Å². The smallest absolute Gasteiger partial charge is 0.322 e. The molecule has 1 aliphatic rings. The van der Waals surface area contributed by atoms with Crippen LogP contribution >= 0.6 is 12.4 Å². The van der Waals surface area contributed by atoms with E-state index >= 15 is 0 Å². The summed E-state index contributed by atoms with van der Waals surface area (Å²) in [6.45, 7) is 0.851. The van der Waals surface area contributed by atoms with Crippen LogP contribution in [0.1, 0.15) is 17.9 Å². The van der Waals surface area contributed by atoms with Crippen molar-refractivity contribution in [3.63, 3.8) is 0 Å². The molecule has 0 bridgehead atoms. The number of benzene rings is 1.